The maximum atomic E-state index is 13.2. The number of alkyl halides is 3. The summed E-state index contributed by atoms with van der Waals surface area (Å²) < 4.78 is 50.1. The first-order valence-electron chi connectivity index (χ1n) is 7.15. The van der Waals surface area contributed by atoms with Gasteiger partial charge in [-0.05, 0) is 24.3 Å². The van der Waals surface area contributed by atoms with E-state index in [1.54, 1.807) is 36.4 Å². The lowest BCUT2D eigenvalue weighted by atomic mass is 10.2. The van der Waals surface area contributed by atoms with Crippen molar-refractivity contribution in [3.05, 3.63) is 60.6 Å². The van der Waals surface area contributed by atoms with E-state index in [0.29, 0.717) is 11.3 Å². The van der Waals surface area contributed by atoms with Crippen molar-refractivity contribution in [2.45, 2.75) is 6.18 Å². The Kier molecular flexibility index (Phi) is 4.51. The Balaban J connectivity index is 2.07. The number of hydrogen-bond donors (Lipinski definition) is 0. The number of methoxy groups -OCH3 is 1. The standard InChI is InChI=1S/C17H12F3N3O2/c1-24-12-6-2-3-7-13(12)25-15-9-14(17(18,19)20)22-16(23-15)11-5-4-8-21-10-11/h2-10H,1H3. The van der Waals surface area contributed by atoms with Gasteiger partial charge in [0.05, 0.1) is 7.11 Å². The molecule has 2 heterocycles. The summed E-state index contributed by atoms with van der Waals surface area (Å²) in [6, 6.07) is 10.5. The lowest BCUT2D eigenvalue weighted by Gasteiger charge is -2.12. The predicted molar refractivity (Wildman–Crippen MR) is 83.3 cm³/mol. The van der Waals surface area contributed by atoms with Gasteiger partial charge < -0.3 is 9.47 Å². The van der Waals surface area contributed by atoms with Crippen molar-refractivity contribution in [2.75, 3.05) is 7.11 Å². The van der Waals surface area contributed by atoms with Crippen LogP contribution in [0.25, 0.3) is 11.4 Å². The summed E-state index contributed by atoms with van der Waals surface area (Å²) in [6.45, 7) is 0. The topological polar surface area (TPSA) is 57.1 Å². The molecule has 0 saturated heterocycles. The van der Waals surface area contributed by atoms with Gasteiger partial charge in [0.25, 0.3) is 0 Å². The second-order valence-electron chi connectivity index (χ2n) is 4.91. The molecule has 0 fully saturated rings. The third kappa shape index (κ3) is 3.85. The molecule has 3 rings (SSSR count). The van der Waals surface area contributed by atoms with E-state index in [1.165, 1.54) is 19.5 Å². The van der Waals surface area contributed by atoms with Crippen LogP contribution in [0.1, 0.15) is 5.69 Å². The summed E-state index contributed by atoms with van der Waals surface area (Å²) in [5, 5.41) is 0. The fourth-order valence-corrected chi connectivity index (χ4v) is 2.06. The van der Waals surface area contributed by atoms with Gasteiger partial charge in [0, 0.05) is 24.0 Å². The average Bonchev–Trinajstić information content (AvgIpc) is 2.62. The summed E-state index contributed by atoms with van der Waals surface area (Å²) in [5.41, 5.74) is -0.760. The minimum absolute atomic E-state index is 0.132. The van der Waals surface area contributed by atoms with Crippen molar-refractivity contribution in [2.24, 2.45) is 0 Å². The van der Waals surface area contributed by atoms with E-state index >= 15 is 0 Å². The van der Waals surface area contributed by atoms with Crippen molar-refractivity contribution >= 4 is 0 Å². The van der Waals surface area contributed by atoms with Gasteiger partial charge in [-0.3, -0.25) is 4.98 Å². The number of halogens is 3. The largest absolute Gasteiger partial charge is 0.493 e. The molecular weight excluding hydrogens is 335 g/mol. The van der Waals surface area contributed by atoms with E-state index in [1.807, 2.05) is 0 Å². The number of pyridine rings is 1. The molecule has 2 aromatic heterocycles. The molecule has 128 valence electrons. The number of aromatic nitrogens is 3. The number of rotatable bonds is 4. The Bertz CT molecular complexity index is 871. The zero-order chi connectivity index (χ0) is 17.9. The Morgan fingerprint density at radius 3 is 2.36 bits per heavy atom. The zero-order valence-corrected chi connectivity index (χ0v) is 13.0. The maximum Gasteiger partial charge on any atom is 0.433 e. The fraction of sp³-hybridized carbons (Fsp3) is 0.118. The first-order valence-corrected chi connectivity index (χ1v) is 7.15. The third-order valence-corrected chi connectivity index (χ3v) is 3.20. The van der Waals surface area contributed by atoms with Crippen LogP contribution in [0.15, 0.2) is 54.9 Å². The smallest absolute Gasteiger partial charge is 0.433 e. The zero-order valence-electron chi connectivity index (χ0n) is 13.0. The predicted octanol–water partition coefficient (Wildman–Crippen LogP) is 4.36. The van der Waals surface area contributed by atoms with Crippen LogP contribution in [0.5, 0.6) is 17.4 Å². The molecule has 0 radical (unpaired) electrons. The van der Waals surface area contributed by atoms with Crippen LogP contribution in [0, 0.1) is 0 Å². The average molecular weight is 347 g/mol. The second kappa shape index (κ2) is 6.76. The highest BCUT2D eigenvalue weighted by atomic mass is 19.4. The van der Waals surface area contributed by atoms with Crippen molar-refractivity contribution in [1.82, 2.24) is 15.0 Å². The minimum Gasteiger partial charge on any atom is -0.493 e. The summed E-state index contributed by atoms with van der Waals surface area (Å²) in [6.07, 6.45) is -1.76. The fourth-order valence-electron chi connectivity index (χ4n) is 2.06. The van der Waals surface area contributed by atoms with E-state index < -0.39 is 11.9 Å². The van der Waals surface area contributed by atoms with Gasteiger partial charge in [-0.25, -0.2) is 4.98 Å². The van der Waals surface area contributed by atoms with Crippen LogP contribution in [0.3, 0.4) is 0 Å². The van der Waals surface area contributed by atoms with E-state index in [2.05, 4.69) is 15.0 Å². The highest BCUT2D eigenvalue weighted by Crippen LogP contribution is 2.34. The van der Waals surface area contributed by atoms with Crippen LogP contribution >= 0.6 is 0 Å². The number of ether oxygens (including phenoxy) is 2. The molecule has 3 aromatic rings. The minimum atomic E-state index is -4.64. The molecule has 0 aliphatic rings. The van der Waals surface area contributed by atoms with E-state index in [4.69, 9.17) is 9.47 Å². The van der Waals surface area contributed by atoms with E-state index in [-0.39, 0.29) is 17.5 Å². The van der Waals surface area contributed by atoms with Crippen molar-refractivity contribution in [3.8, 4) is 28.8 Å². The molecule has 0 aliphatic heterocycles. The monoisotopic (exact) mass is 347 g/mol. The van der Waals surface area contributed by atoms with E-state index in [9.17, 15) is 13.2 Å². The van der Waals surface area contributed by atoms with Gasteiger partial charge in [0.1, 0.15) is 0 Å². The molecule has 25 heavy (non-hydrogen) atoms. The van der Waals surface area contributed by atoms with Gasteiger partial charge in [0.2, 0.25) is 5.88 Å². The van der Waals surface area contributed by atoms with Gasteiger partial charge in [-0.15, -0.1) is 0 Å². The van der Waals surface area contributed by atoms with Crippen LogP contribution in [-0.4, -0.2) is 22.1 Å². The van der Waals surface area contributed by atoms with Crippen LogP contribution < -0.4 is 9.47 Å². The van der Waals surface area contributed by atoms with Crippen LogP contribution in [0.2, 0.25) is 0 Å². The van der Waals surface area contributed by atoms with Gasteiger partial charge >= 0.3 is 6.18 Å². The number of para-hydroxylation sites is 2. The van der Waals surface area contributed by atoms with Crippen molar-refractivity contribution in [3.63, 3.8) is 0 Å². The molecule has 0 saturated carbocycles. The molecule has 0 atom stereocenters. The number of nitrogens with zero attached hydrogens (tertiary/aromatic N) is 3. The first kappa shape index (κ1) is 16.7. The molecular formula is C17H12F3N3O2. The van der Waals surface area contributed by atoms with Crippen LogP contribution in [0.4, 0.5) is 13.2 Å². The van der Waals surface area contributed by atoms with Crippen molar-refractivity contribution in [1.29, 1.82) is 0 Å². The Hall–Kier alpha value is -3.16. The second-order valence-corrected chi connectivity index (χ2v) is 4.91. The summed E-state index contributed by atoms with van der Waals surface area (Å²) >= 11 is 0. The molecule has 0 N–H and O–H groups in total. The first-order chi connectivity index (χ1) is 12.0. The Morgan fingerprint density at radius 2 is 1.72 bits per heavy atom. The van der Waals surface area contributed by atoms with E-state index in [0.717, 1.165) is 6.07 Å². The van der Waals surface area contributed by atoms with Crippen molar-refractivity contribution < 1.29 is 22.6 Å². The highest BCUT2D eigenvalue weighted by Gasteiger charge is 2.34. The highest BCUT2D eigenvalue weighted by molar-refractivity contribution is 5.54. The number of benzene rings is 1. The van der Waals surface area contributed by atoms with Gasteiger partial charge in [-0.2, -0.15) is 18.2 Å². The SMILES string of the molecule is COc1ccccc1Oc1cc(C(F)(F)F)nc(-c2cccnc2)n1. The molecule has 0 spiro atoms. The summed E-state index contributed by atoms with van der Waals surface area (Å²) in [5.74, 6) is 0.241. The quantitative estimate of drug-likeness (QED) is 0.702. The lowest BCUT2D eigenvalue weighted by Crippen LogP contribution is -2.10. The molecule has 0 bridgehead atoms. The van der Waals surface area contributed by atoms with Crippen LogP contribution in [-0.2, 0) is 6.18 Å². The lowest BCUT2D eigenvalue weighted by molar-refractivity contribution is -0.141. The molecule has 8 heteroatoms. The molecule has 0 unspecified atom stereocenters. The molecule has 5 nitrogen and oxygen atoms in total. The third-order valence-electron chi connectivity index (χ3n) is 3.20. The molecule has 0 aliphatic carbocycles. The van der Waals surface area contributed by atoms with Gasteiger partial charge in [-0.1, -0.05) is 12.1 Å². The normalized spacial score (nSPS) is 11.2. The molecule has 0 amide bonds. The molecule has 1 aromatic carbocycles. The Labute approximate surface area is 141 Å². The van der Waals surface area contributed by atoms with Gasteiger partial charge in [0.15, 0.2) is 23.0 Å². The summed E-state index contributed by atoms with van der Waals surface area (Å²) in [4.78, 5) is 11.5. The number of hydrogen-bond acceptors (Lipinski definition) is 5. The Morgan fingerprint density at radius 1 is 0.960 bits per heavy atom. The maximum absolute atomic E-state index is 13.2. The summed E-state index contributed by atoms with van der Waals surface area (Å²) in [7, 11) is 1.43.